The minimum atomic E-state index is -4.36. The molecule has 1 atom stereocenters. The van der Waals surface area contributed by atoms with Gasteiger partial charge in [0.1, 0.15) is 10.8 Å². The molecule has 39 heavy (non-hydrogen) atoms. The number of fused-ring (bicyclic) bond motifs is 1. The van der Waals surface area contributed by atoms with Crippen LogP contribution < -0.4 is 10.6 Å². The van der Waals surface area contributed by atoms with Crippen LogP contribution in [-0.4, -0.2) is 54.3 Å². The Balaban J connectivity index is 1.07. The Morgan fingerprint density at radius 1 is 1.00 bits per heavy atom. The molecule has 6 nitrogen and oxygen atoms in total. The Kier molecular flexibility index (Phi) is 7.30. The molecule has 6 rings (SSSR count). The molecule has 0 saturated carbocycles. The van der Waals surface area contributed by atoms with Gasteiger partial charge in [-0.2, -0.15) is 13.2 Å². The van der Waals surface area contributed by atoms with E-state index in [1.54, 1.807) is 17.8 Å². The SMILES string of the molecule is N[C@@H]1c2cc(C(F)(F)F)ccc2CC12CCN(c1cnc(Sc3cccc(CN4CCOCC4)c3)cn1)CC2. The Bertz CT molecular complexity index is 1310. The van der Waals surface area contributed by atoms with Crippen molar-refractivity contribution in [2.45, 2.75) is 47.9 Å². The number of piperidine rings is 1. The number of rotatable bonds is 5. The third-order valence-corrected chi connectivity index (χ3v) is 9.25. The van der Waals surface area contributed by atoms with E-state index in [1.165, 1.54) is 17.7 Å². The molecule has 0 bridgehead atoms. The smallest absolute Gasteiger partial charge is 0.379 e. The number of morpholine rings is 1. The van der Waals surface area contributed by atoms with Gasteiger partial charge < -0.3 is 15.4 Å². The van der Waals surface area contributed by atoms with Crippen LogP contribution in [0.3, 0.4) is 0 Å². The molecule has 2 saturated heterocycles. The van der Waals surface area contributed by atoms with Gasteiger partial charge in [0.25, 0.3) is 0 Å². The highest BCUT2D eigenvalue weighted by Gasteiger charge is 2.47. The number of anilines is 1. The summed E-state index contributed by atoms with van der Waals surface area (Å²) in [4.78, 5) is 15.1. The van der Waals surface area contributed by atoms with Gasteiger partial charge in [-0.3, -0.25) is 4.90 Å². The van der Waals surface area contributed by atoms with Crippen LogP contribution in [0.1, 0.15) is 41.1 Å². The molecule has 2 aliphatic heterocycles. The first-order chi connectivity index (χ1) is 18.8. The van der Waals surface area contributed by atoms with Crippen molar-refractivity contribution in [2.24, 2.45) is 11.1 Å². The van der Waals surface area contributed by atoms with Gasteiger partial charge in [0.2, 0.25) is 0 Å². The predicted molar refractivity (Wildman–Crippen MR) is 145 cm³/mol. The summed E-state index contributed by atoms with van der Waals surface area (Å²) in [7, 11) is 0. The summed E-state index contributed by atoms with van der Waals surface area (Å²) in [5, 5.41) is 0.837. The number of nitrogens with zero attached hydrogens (tertiary/aromatic N) is 4. The molecule has 0 unspecified atom stereocenters. The molecule has 10 heteroatoms. The van der Waals surface area contributed by atoms with Gasteiger partial charge in [-0.05, 0) is 65.6 Å². The molecule has 3 aliphatic rings. The summed E-state index contributed by atoms with van der Waals surface area (Å²) >= 11 is 1.60. The monoisotopic (exact) mass is 555 g/mol. The van der Waals surface area contributed by atoms with E-state index in [1.807, 2.05) is 12.4 Å². The number of benzene rings is 2. The van der Waals surface area contributed by atoms with E-state index in [9.17, 15) is 13.2 Å². The van der Waals surface area contributed by atoms with Gasteiger partial charge in [-0.15, -0.1) is 0 Å². The zero-order valence-corrected chi connectivity index (χ0v) is 22.5. The second kappa shape index (κ2) is 10.7. The zero-order chi connectivity index (χ0) is 27.0. The van der Waals surface area contributed by atoms with Crippen LogP contribution in [0.2, 0.25) is 0 Å². The average Bonchev–Trinajstić information content (AvgIpc) is 3.20. The van der Waals surface area contributed by atoms with Crippen LogP contribution in [0.25, 0.3) is 0 Å². The molecule has 206 valence electrons. The largest absolute Gasteiger partial charge is 0.416 e. The second-order valence-corrected chi connectivity index (χ2v) is 11.9. The summed E-state index contributed by atoms with van der Waals surface area (Å²) in [6.45, 7) is 5.91. The Morgan fingerprint density at radius 2 is 1.79 bits per heavy atom. The lowest BCUT2D eigenvalue weighted by molar-refractivity contribution is -0.137. The first kappa shape index (κ1) is 26.6. The molecule has 2 fully saturated rings. The number of halogens is 3. The highest BCUT2D eigenvalue weighted by atomic mass is 32.2. The van der Waals surface area contributed by atoms with E-state index in [0.29, 0.717) is 5.56 Å². The molecule has 1 spiro atoms. The lowest BCUT2D eigenvalue weighted by Gasteiger charge is -2.42. The first-order valence-corrected chi connectivity index (χ1v) is 14.2. The van der Waals surface area contributed by atoms with Crippen LogP contribution >= 0.6 is 11.8 Å². The van der Waals surface area contributed by atoms with E-state index in [2.05, 4.69) is 39.0 Å². The molecular weight excluding hydrogens is 523 g/mol. The second-order valence-electron chi connectivity index (χ2n) is 10.8. The fraction of sp³-hybridized carbons (Fsp3) is 0.448. The van der Waals surface area contributed by atoms with Gasteiger partial charge >= 0.3 is 6.18 Å². The van der Waals surface area contributed by atoms with Crippen molar-refractivity contribution in [2.75, 3.05) is 44.3 Å². The van der Waals surface area contributed by atoms with Gasteiger partial charge in [0, 0.05) is 43.7 Å². The number of aromatic nitrogens is 2. The third kappa shape index (κ3) is 5.66. The number of nitrogens with two attached hydrogens (primary N) is 1. The average molecular weight is 556 g/mol. The number of hydrogen-bond donors (Lipinski definition) is 1. The lowest BCUT2D eigenvalue weighted by atomic mass is 9.73. The quantitative estimate of drug-likeness (QED) is 0.457. The van der Waals surface area contributed by atoms with E-state index < -0.39 is 11.7 Å². The molecule has 2 N–H and O–H groups in total. The molecule has 2 aromatic carbocycles. The van der Waals surface area contributed by atoms with Gasteiger partial charge in [0.15, 0.2) is 0 Å². The van der Waals surface area contributed by atoms with Gasteiger partial charge in [-0.1, -0.05) is 30.0 Å². The van der Waals surface area contributed by atoms with Crippen molar-refractivity contribution in [1.29, 1.82) is 0 Å². The number of ether oxygens (including phenoxy) is 1. The number of alkyl halides is 3. The van der Waals surface area contributed by atoms with Gasteiger partial charge in [0.05, 0.1) is 31.2 Å². The minimum Gasteiger partial charge on any atom is -0.379 e. The van der Waals surface area contributed by atoms with Crippen molar-refractivity contribution < 1.29 is 17.9 Å². The van der Waals surface area contributed by atoms with Crippen molar-refractivity contribution >= 4 is 17.6 Å². The minimum absolute atomic E-state index is 0.210. The van der Waals surface area contributed by atoms with Crippen LogP contribution in [-0.2, 0) is 23.9 Å². The molecule has 1 aliphatic carbocycles. The molecule has 3 heterocycles. The van der Waals surface area contributed by atoms with Crippen LogP contribution in [0.15, 0.2) is 64.8 Å². The maximum absolute atomic E-state index is 13.2. The first-order valence-electron chi connectivity index (χ1n) is 13.4. The van der Waals surface area contributed by atoms with Crippen molar-refractivity contribution in [1.82, 2.24) is 14.9 Å². The van der Waals surface area contributed by atoms with E-state index in [-0.39, 0.29) is 11.5 Å². The maximum Gasteiger partial charge on any atom is 0.416 e. The van der Waals surface area contributed by atoms with Crippen LogP contribution in [0.5, 0.6) is 0 Å². The third-order valence-electron chi connectivity index (χ3n) is 8.34. The van der Waals surface area contributed by atoms with Crippen molar-refractivity contribution in [3.63, 3.8) is 0 Å². The highest BCUT2D eigenvalue weighted by Crippen LogP contribution is 2.51. The summed E-state index contributed by atoms with van der Waals surface area (Å²) in [5.41, 5.74) is 8.62. The fourth-order valence-electron chi connectivity index (χ4n) is 6.08. The van der Waals surface area contributed by atoms with E-state index in [4.69, 9.17) is 15.5 Å². The molecule has 1 aromatic heterocycles. The predicted octanol–water partition coefficient (Wildman–Crippen LogP) is 5.32. The molecule has 0 radical (unpaired) electrons. The Hall–Kier alpha value is -2.66. The Labute approximate surface area is 230 Å². The summed E-state index contributed by atoms with van der Waals surface area (Å²) in [6, 6.07) is 12.2. The van der Waals surface area contributed by atoms with Gasteiger partial charge in [-0.25, -0.2) is 9.97 Å². The fourth-order valence-corrected chi connectivity index (χ4v) is 6.89. The van der Waals surface area contributed by atoms with E-state index >= 15 is 0 Å². The Morgan fingerprint density at radius 3 is 2.51 bits per heavy atom. The molecular formula is C29H32F3N5OS. The molecule has 0 amide bonds. The summed E-state index contributed by atoms with van der Waals surface area (Å²) < 4.78 is 45.2. The standard InChI is InChI=1S/C29H32F3N5OS/c30-29(31,32)22-5-4-21-16-28(27(33)24(21)15-22)6-8-37(9-7-28)25-17-35-26(18-34-25)39-23-3-1-2-20(14-23)19-36-10-12-38-13-11-36/h1-5,14-15,17-18,27H,6-13,16,19,33H2/t27-/m1/s1. The van der Waals surface area contributed by atoms with Crippen LogP contribution in [0, 0.1) is 5.41 Å². The lowest BCUT2D eigenvalue weighted by Crippen LogP contribution is -2.44. The summed E-state index contributed by atoms with van der Waals surface area (Å²) in [6.07, 6.45) is 1.60. The highest BCUT2D eigenvalue weighted by molar-refractivity contribution is 7.99. The zero-order valence-electron chi connectivity index (χ0n) is 21.7. The normalized spacial score (nSPS) is 21.3. The molecule has 3 aromatic rings. The summed E-state index contributed by atoms with van der Waals surface area (Å²) in [5.74, 6) is 0.818. The topological polar surface area (TPSA) is 67.5 Å². The van der Waals surface area contributed by atoms with Crippen molar-refractivity contribution in [3.05, 3.63) is 77.1 Å². The van der Waals surface area contributed by atoms with Crippen LogP contribution in [0.4, 0.5) is 19.0 Å². The van der Waals surface area contributed by atoms with E-state index in [0.717, 1.165) is 86.5 Å². The number of hydrogen-bond acceptors (Lipinski definition) is 7. The maximum atomic E-state index is 13.2. The van der Waals surface area contributed by atoms with Crippen molar-refractivity contribution in [3.8, 4) is 0 Å².